The highest BCUT2D eigenvalue weighted by molar-refractivity contribution is 4.64. The van der Waals surface area contributed by atoms with Gasteiger partial charge in [-0.3, -0.25) is 0 Å². The molecule has 0 bridgehead atoms. The number of hydrogen-bond acceptors (Lipinski definition) is 3. The molecule has 5 N–H and O–H groups in total. The molecule has 0 heterocycles. The molecule has 3 heteroatoms. The van der Waals surface area contributed by atoms with Crippen LogP contribution in [0.2, 0.25) is 0 Å². The van der Waals surface area contributed by atoms with Crippen LogP contribution in [0.3, 0.4) is 0 Å². The molecule has 1 unspecified atom stereocenters. The topological polar surface area (TPSA) is 64.1 Å². The van der Waals surface area contributed by atoms with E-state index in [9.17, 15) is 0 Å². The summed E-state index contributed by atoms with van der Waals surface area (Å²) in [5.74, 6) is 0. The molecular formula is C20H45N3. The largest absolute Gasteiger partial charge is 0.330 e. The van der Waals surface area contributed by atoms with Gasteiger partial charge in [0, 0.05) is 12.6 Å². The van der Waals surface area contributed by atoms with Gasteiger partial charge in [0.2, 0.25) is 0 Å². The summed E-state index contributed by atoms with van der Waals surface area (Å²) in [6.07, 6.45) is 20.3. The summed E-state index contributed by atoms with van der Waals surface area (Å²) in [5, 5.41) is 3.49. The van der Waals surface area contributed by atoms with Crippen LogP contribution in [0.1, 0.15) is 103 Å². The van der Waals surface area contributed by atoms with E-state index in [2.05, 4.69) is 12.2 Å². The minimum absolute atomic E-state index is 0.305. The molecule has 0 aromatic rings. The van der Waals surface area contributed by atoms with Crippen molar-refractivity contribution in [3.05, 3.63) is 0 Å². The number of nitrogens with one attached hydrogen (secondary N) is 1. The van der Waals surface area contributed by atoms with Gasteiger partial charge in [0.25, 0.3) is 0 Å². The fourth-order valence-electron chi connectivity index (χ4n) is 3.03. The van der Waals surface area contributed by atoms with Crippen LogP contribution in [0.15, 0.2) is 0 Å². The summed E-state index contributed by atoms with van der Waals surface area (Å²) >= 11 is 0. The first-order valence-electron chi connectivity index (χ1n) is 10.5. The molecule has 0 saturated carbocycles. The highest BCUT2D eigenvalue weighted by atomic mass is 14.9. The number of nitrogens with two attached hydrogens (primary N) is 2. The molecule has 0 aliphatic carbocycles. The van der Waals surface area contributed by atoms with E-state index in [4.69, 9.17) is 11.5 Å². The molecule has 0 spiro atoms. The van der Waals surface area contributed by atoms with E-state index >= 15 is 0 Å². The average Bonchev–Trinajstić information content (AvgIpc) is 2.55. The van der Waals surface area contributed by atoms with E-state index in [0.29, 0.717) is 6.04 Å². The standard InChI is InChI=1S/C20H45N3/c1-2-3-4-5-6-7-8-9-10-11-12-15-18-23-19-20(22)16-13-14-17-21/h20,23H,2-19,21-22H2,1H3. The van der Waals surface area contributed by atoms with E-state index in [-0.39, 0.29) is 0 Å². The predicted octanol–water partition coefficient (Wildman–Crippen LogP) is 4.73. The SMILES string of the molecule is CCCCCCCCCCCCCCNCC(N)CCCCN. The Kier molecular flexibility index (Phi) is 19.8. The third kappa shape index (κ3) is 19.8. The van der Waals surface area contributed by atoms with Gasteiger partial charge in [-0.25, -0.2) is 0 Å². The minimum atomic E-state index is 0.305. The Morgan fingerprint density at radius 3 is 1.74 bits per heavy atom. The van der Waals surface area contributed by atoms with Crippen LogP contribution in [0.5, 0.6) is 0 Å². The Hall–Kier alpha value is -0.120. The molecule has 1 atom stereocenters. The Bertz CT molecular complexity index is 209. The highest BCUT2D eigenvalue weighted by Gasteiger charge is 2.01. The van der Waals surface area contributed by atoms with E-state index < -0.39 is 0 Å². The second kappa shape index (κ2) is 19.9. The lowest BCUT2D eigenvalue weighted by Gasteiger charge is -2.12. The van der Waals surface area contributed by atoms with Crippen molar-refractivity contribution in [2.75, 3.05) is 19.6 Å². The van der Waals surface area contributed by atoms with Crippen LogP contribution in [-0.2, 0) is 0 Å². The van der Waals surface area contributed by atoms with Crippen LogP contribution in [0, 0.1) is 0 Å². The van der Waals surface area contributed by atoms with Crippen molar-refractivity contribution < 1.29 is 0 Å². The lowest BCUT2D eigenvalue weighted by Crippen LogP contribution is -2.34. The van der Waals surface area contributed by atoms with Crippen molar-refractivity contribution in [3.8, 4) is 0 Å². The van der Waals surface area contributed by atoms with Gasteiger partial charge < -0.3 is 16.8 Å². The van der Waals surface area contributed by atoms with Gasteiger partial charge >= 0.3 is 0 Å². The molecular weight excluding hydrogens is 282 g/mol. The maximum atomic E-state index is 6.06. The van der Waals surface area contributed by atoms with Crippen molar-refractivity contribution in [2.24, 2.45) is 11.5 Å². The van der Waals surface area contributed by atoms with Gasteiger partial charge in [-0.1, -0.05) is 84.0 Å². The maximum absolute atomic E-state index is 6.06. The van der Waals surface area contributed by atoms with Gasteiger partial charge in [0.15, 0.2) is 0 Å². The number of rotatable bonds is 19. The van der Waals surface area contributed by atoms with E-state index in [1.165, 1.54) is 77.0 Å². The van der Waals surface area contributed by atoms with Gasteiger partial charge in [-0.2, -0.15) is 0 Å². The summed E-state index contributed by atoms with van der Waals surface area (Å²) in [6.45, 7) is 5.16. The normalized spacial score (nSPS) is 12.7. The molecule has 3 nitrogen and oxygen atoms in total. The Labute approximate surface area is 146 Å². The third-order valence-electron chi connectivity index (χ3n) is 4.64. The quantitative estimate of drug-likeness (QED) is 0.300. The first kappa shape index (κ1) is 22.9. The number of hydrogen-bond donors (Lipinski definition) is 3. The Morgan fingerprint density at radius 1 is 0.696 bits per heavy atom. The zero-order valence-electron chi connectivity index (χ0n) is 16.0. The van der Waals surface area contributed by atoms with Gasteiger partial charge in [0.05, 0.1) is 0 Å². The fraction of sp³-hybridized carbons (Fsp3) is 1.00. The zero-order valence-corrected chi connectivity index (χ0v) is 16.0. The van der Waals surface area contributed by atoms with Crippen LogP contribution >= 0.6 is 0 Å². The van der Waals surface area contributed by atoms with Crippen LogP contribution in [0.25, 0.3) is 0 Å². The summed E-state index contributed by atoms with van der Waals surface area (Å²) < 4.78 is 0. The molecule has 0 rings (SSSR count). The van der Waals surface area contributed by atoms with E-state index in [1.54, 1.807) is 0 Å². The Morgan fingerprint density at radius 2 is 1.22 bits per heavy atom. The maximum Gasteiger partial charge on any atom is 0.0165 e. The summed E-state index contributed by atoms with van der Waals surface area (Å²) in [6, 6.07) is 0.305. The van der Waals surface area contributed by atoms with Gasteiger partial charge in [-0.05, 0) is 32.4 Å². The second-order valence-electron chi connectivity index (χ2n) is 7.14. The molecule has 23 heavy (non-hydrogen) atoms. The van der Waals surface area contributed by atoms with Gasteiger partial charge in [-0.15, -0.1) is 0 Å². The van der Waals surface area contributed by atoms with Gasteiger partial charge in [0.1, 0.15) is 0 Å². The predicted molar refractivity (Wildman–Crippen MR) is 105 cm³/mol. The Balaban J connectivity index is 3.05. The fourth-order valence-corrected chi connectivity index (χ4v) is 3.03. The van der Waals surface area contributed by atoms with Crippen LogP contribution in [-0.4, -0.2) is 25.7 Å². The van der Waals surface area contributed by atoms with Crippen molar-refractivity contribution >= 4 is 0 Å². The molecule has 0 saturated heterocycles. The van der Waals surface area contributed by atoms with Crippen molar-refractivity contribution in [3.63, 3.8) is 0 Å². The number of unbranched alkanes of at least 4 members (excludes halogenated alkanes) is 12. The van der Waals surface area contributed by atoms with Crippen LogP contribution in [0.4, 0.5) is 0 Å². The average molecular weight is 328 g/mol. The molecule has 0 radical (unpaired) electrons. The summed E-state index contributed by atoms with van der Waals surface area (Å²) in [4.78, 5) is 0. The molecule has 0 aromatic heterocycles. The minimum Gasteiger partial charge on any atom is -0.330 e. The first-order valence-corrected chi connectivity index (χ1v) is 10.5. The molecule has 0 amide bonds. The highest BCUT2D eigenvalue weighted by Crippen LogP contribution is 2.11. The van der Waals surface area contributed by atoms with E-state index in [1.807, 2.05) is 0 Å². The lowest BCUT2D eigenvalue weighted by molar-refractivity contribution is 0.501. The van der Waals surface area contributed by atoms with Crippen molar-refractivity contribution in [1.82, 2.24) is 5.32 Å². The second-order valence-corrected chi connectivity index (χ2v) is 7.14. The molecule has 0 aliphatic rings. The summed E-state index contributed by atoms with van der Waals surface area (Å²) in [7, 11) is 0. The monoisotopic (exact) mass is 327 g/mol. The first-order chi connectivity index (χ1) is 11.3. The lowest BCUT2D eigenvalue weighted by atomic mass is 10.1. The van der Waals surface area contributed by atoms with Crippen molar-refractivity contribution in [1.29, 1.82) is 0 Å². The molecule has 0 aromatic carbocycles. The molecule has 0 aliphatic heterocycles. The van der Waals surface area contributed by atoms with Crippen molar-refractivity contribution in [2.45, 2.75) is 109 Å². The molecule has 0 fully saturated rings. The molecule has 140 valence electrons. The third-order valence-corrected chi connectivity index (χ3v) is 4.64. The van der Waals surface area contributed by atoms with E-state index in [0.717, 1.165) is 38.9 Å². The zero-order chi connectivity index (χ0) is 17.0. The van der Waals surface area contributed by atoms with Crippen LogP contribution < -0.4 is 16.8 Å². The smallest absolute Gasteiger partial charge is 0.0165 e. The summed E-state index contributed by atoms with van der Waals surface area (Å²) in [5.41, 5.74) is 11.5.